The quantitative estimate of drug-likeness (QED) is 0.722. The van der Waals surface area contributed by atoms with E-state index in [0.29, 0.717) is 24.6 Å². The van der Waals surface area contributed by atoms with E-state index in [0.717, 1.165) is 19.6 Å². The van der Waals surface area contributed by atoms with Crippen LogP contribution in [0.1, 0.15) is 32.1 Å². The lowest BCUT2D eigenvalue weighted by Crippen LogP contribution is -2.57. The number of nitrogens with one attached hydrogen (secondary N) is 1. The fourth-order valence-corrected chi connectivity index (χ4v) is 3.15. The molecule has 1 unspecified atom stereocenters. The van der Waals surface area contributed by atoms with Crippen molar-refractivity contribution in [1.82, 2.24) is 15.2 Å². The number of amides is 2. The Morgan fingerprint density at radius 2 is 2.11 bits per heavy atom. The van der Waals surface area contributed by atoms with Gasteiger partial charge in [-0.3, -0.25) is 14.5 Å². The highest BCUT2D eigenvalue weighted by molar-refractivity contribution is 6.39. The first-order chi connectivity index (χ1) is 9.24. The van der Waals surface area contributed by atoms with Gasteiger partial charge in [-0.1, -0.05) is 6.42 Å². The molecule has 0 aromatic carbocycles. The third-order valence-corrected chi connectivity index (χ3v) is 4.28. The molecule has 0 aliphatic carbocycles. The molecule has 1 atom stereocenters. The van der Waals surface area contributed by atoms with Crippen molar-refractivity contribution < 1.29 is 9.59 Å². The maximum Gasteiger partial charge on any atom is 0.270 e. The summed E-state index contributed by atoms with van der Waals surface area (Å²) in [7, 11) is 0. The van der Waals surface area contributed by atoms with E-state index in [2.05, 4.69) is 15.4 Å². The highest BCUT2D eigenvalue weighted by Crippen LogP contribution is 2.21. The number of fused-ring (bicyclic) bond motifs is 1. The molecule has 0 aromatic rings. The molecule has 2 amide bonds. The van der Waals surface area contributed by atoms with Crippen LogP contribution in [-0.4, -0.2) is 59.5 Å². The van der Waals surface area contributed by atoms with Gasteiger partial charge in [0.25, 0.3) is 5.91 Å². The Balaban J connectivity index is 1.63. The summed E-state index contributed by atoms with van der Waals surface area (Å²) in [6, 6.07) is 0.519. The molecule has 2 fully saturated rings. The molecule has 3 aliphatic heterocycles. The molecule has 1 N–H and O–H groups in total. The van der Waals surface area contributed by atoms with Gasteiger partial charge in [0.15, 0.2) is 0 Å². The summed E-state index contributed by atoms with van der Waals surface area (Å²) in [6.07, 6.45) is 4.57. The van der Waals surface area contributed by atoms with Crippen LogP contribution in [0.5, 0.6) is 0 Å². The van der Waals surface area contributed by atoms with E-state index in [9.17, 15) is 9.59 Å². The smallest absolute Gasteiger partial charge is 0.270 e. The zero-order valence-corrected chi connectivity index (χ0v) is 11.1. The maximum atomic E-state index is 12.4. The van der Waals surface area contributed by atoms with Crippen molar-refractivity contribution in [2.75, 3.05) is 26.2 Å². The van der Waals surface area contributed by atoms with E-state index in [1.54, 1.807) is 0 Å². The summed E-state index contributed by atoms with van der Waals surface area (Å²) in [6.45, 7) is 3.73. The zero-order valence-electron chi connectivity index (χ0n) is 11.1. The predicted molar refractivity (Wildman–Crippen MR) is 70.6 cm³/mol. The molecule has 0 radical (unpaired) electrons. The van der Waals surface area contributed by atoms with Crippen LogP contribution in [0, 0.1) is 0 Å². The highest BCUT2D eigenvalue weighted by Gasteiger charge is 2.33. The van der Waals surface area contributed by atoms with Crippen molar-refractivity contribution in [3.8, 4) is 0 Å². The van der Waals surface area contributed by atoms with Crippen molar-refractivity contribution in [1.29, 1.82) is 0 Å². The van der Waals surface area contributed by atoms with Crippen molar-refractivity contribution in [3.05, 3.63) is 0 Å². The second-order valence-electron chi connectivity index (χ2n) is 5.53. The monoisotopic (exact) mass is 264 g/mol. The molecule has 19 heavy (non-hydrogen) atoms. The van der Waals surface area contributed by atoms with Gasteiger partial charge in [0.2, 0.25) is 5.91 Å². The molecule has 0 spiro atoms. The summed E-state index contributed by atoms with van der Waals surface area (Å²) >= 11 is 0. The SMILES string of the molecule is O=C1CCC(C(=O)N2CCN3CCCCC3C2)=NN1. The second-order valence-corrected chi connectivity index (χ2v) is 5.53. The van der Waals surface area contributed by atoms with Gasteiger partial charge in [0.1, 0.15) is 5.71 Å². The van der Waals surface area contributed by atoms with Crippen molar-refractivity contribution in [2.24, 2.45) is 5.10 Å². The van der Waals surface area contributed by atoms with Crippen LogP contribution in [0.3, 0.4) is 0 Å². The minimum Gasteiger partial charge on any atom is -0.335 e. The molecule has 3 rings (SSSR count). The van der Waals surface area contributed by atoms with Crippen LogP contribution in [0.4, 0.5) is 0 Å². The largest absolute Gasteiger partial charge is 0.335 e. The number of hydrazone groups is 1. The molecule has 0 aromatic heterocycles. The summed E-state index contributed by atoms with van der Waals surface area (Å²) < 4.78 is 0. The van der Waals surface area contributed by atoms with E-state index < -0.39 is 0 Å². The topological polar surface area (TPSA) is 65.0 Å². The Morgan fingerprint density at radius 1 is 1.21 bits per heavy atom. The molecule has 3 aliphatic rings. The minimum atomic E-state index is -0.103. The van der Waals surface area contributed by atoms with Gasteiger partial charge in [-0.15, -0.1) is 0 Å². The average Bonchev–Trinajstić information content (AvgIpc) is 2.47. The van der Waals surface area contributed by atoms with Gasteiger partial charge in [-0.2, -0.15) is 5.10 Å². The number of carbonyl (C=O) groups excluding carboxylic acids is 2. The Labute approximate surface area is 112 Å². The van der Waals surface area contributed by atoms with Crippen LogP contribution < -0.4 is 5.43 Å². The summed E-state index contributed by atoms with van der Waals surface area (Å²) in [5.74, 6) is -0.0983. The average molecular weight is 264 g/mol. The lowest BCUT2D eigenvalue weighted by molar-refractivity contribution is -0.127. The van der Waals surface area contributed by atoms with E-state index in [4.69, 9.17) is 0 Å². The number of carbonyl (C=O) groups is 2. The number of piperidine rings is 1. The summed E-state index contributed by atoms with van der Waals surface area (Å²) in [5, 5.41) is 3.90. The number of nitrogens with zero attached hydrogens (tertiary/aromatic N) is 3. The van der Waals surface area contributed by atoms with Crippen molar-refractivity contribution >= 4 is 17.5 Å². The standard InChI is InChI=1S/C13H20N4O2/c18-12-5-4-11(14-15-12)13(19)17-8-7-16-6-2-1-3-10(16)9-17/h10H,1-9H2,(H,15,18). The van der Waals surface area contributed by atoms with Crippen LogP contribution in [-0.2, 0) is 9.59 Å². The number of hydrogen-bond acceptors (Lipinski definition) is 4. The van der Waals surface area contributed by atoms with Gasteiger partial charge in [-0.25, -0.2) is 5.43 Å². The molecule has 3 heterocycles. The number of rotatable bonds is 1. The Kier molecular flexibility index (Phi) is 3.50. The molecule has 6 nitrogen and oxygen atoms in total. The molecular formula is C13H20N4O2. The Hall–Kier alpha value is -1.43. The number of hydrogen-bond donors (Lipinski definition) is 1. The Morgan fingerprint density at radius 3 is 2.89 bits per heavy atom. The zero-order chi connectivity index (χ0) is 13.2. The first kappa shape index (κ1) is 12.6. The van der Waals surface area contributed by atoms with Gasteiger partial charge in [0.05, 0.1) is 0 Å². The van der Waals surface area contributed by atoms with E-state index >= 15 is 0 Å². The predicted octanol–water partition coefficient (Wildman–Crippen LogP) is -0.0509. The molecule has 2 saturated heterocycles. The van der Waals surface area contributed by atoms with E-state index in [1.165, 1.54) is 25.8 Å². The fourth-order valence-electron chi connectivity index (χ4n) is 3.15. The van der Waals surface area contributed by atoms with E-state index in [-0.39, 0.29) is 11.8 Å². The van der Waals surface area contributed by atoms with Crippen LogP contribution in [0.15, 0.2) is 5.10 Å². The van der Waals surface area contributed by atoms with Gasteiger partial charge >= 0.3 is 0 Å². The molecular weight excluding hydrogens is 244 g/mol. The van der Waals surface area contributed by atoms with E-state index in [1.807, 2.05) is 4.90 Å². The highest BCUT2D eigenvalue weighted by atomic mass is 16.2. The first-order valence-electron chi connectivity index (χ1n) is 7.13. The summed E-state index contributed by atoms with van der Waals surface area (Å²) in [4.78, 5) is 27.8. The molecule has 104 valence electrons. The first-order valence-corrected chi connectivity index (χ1v) is 7.13. The normalized spacial score (nSPS) is 28.4. The second kappa shape index (κ2) is 5.28. The van der Waals surface area contributed by atoms with Gasteiger partial charge in [0, 0.05) is 38.5 Å². The maximum absolute atomic E-state index is 12.4. The van der Waals surface area contributed by atoms with Gasteiger partial charge in [-0.05, 0) is 19.4 Å². The van der Waals surface area contributed by atoms with Crippen LogP contribution in [0.25, 0.3) is 0 Å². The number of piperazine rings is 1. The van der Waals surface area contributed by atoms with Crippen molar-refractivity contribution in [2.45, 2.75) is 38.1 Å². The van der Waals surface area contributed by atoms with Crippen LogP contribution in [0.2, 0.25) is 0 Å². The molecule has 6 heteroatoms. The van der Waals surface area contributed by atoms with Gasteiger partial charge < -0.3 is 4.90 Å². The summed E-state index contributed by atoms with van der Waals surface area (Å²) in [5.41, 5.74) is 2.90. The van der Waals surface area contributed by atoms with Crippen molar-refractivity contribution in [3.63, 3.8) is 0 Å². The fraction of sp³-hybridized carbons (Fsp3) is 0.769. The lowest BCUT2D eigenvalue weighted by Gasteiger charge is -2.44. The third-order valence-electron chi connectivity index (χ3n) is 4.28. The lowest BCUT2D eigenvalue weighted by atomic mass is 9.99. The molecule has 0 bridgehead atoms. The van der Waals surface area contributed by atoms with Crippen LogP contribution >= 0.6 is 0 Å². The Bertz CT molecular complexity index is 421. The molecule has 0 saturated carbocycles. The third kappa shape index (κ3) is 2.63. The minimum absolute atomic E-state index is 0.00484.